The Morgan fingerprint density at radius 3 is 2.44 bits per heavy atom. The quantitative estimate of drug-likeness (QED) is 0.749. The van der Waals surface area contributed by atoms with Gasteiger partial charge in [0.2, 0.25) is 0 Å². The Morgan fingerprint density at radius 1 is 1.06 bits per heavy atom. The average molecular weight is 351 g/mol. The molecule has 0 aromatic heterocycles. The van der Waals surface area contributed by atoms with Crippen LogP contribution in [0.4, 0.5) is 10.1 Å². The second-order valence-electron chi connectivity index (χ2n) is 3.48. The zero-order chi connectivity index (χ0) is 13.3. The molecule has 0 radical (unpaired) electrons. The lowest BCUT2D eigenvalue weighted by Gasteiger charge is -2.10. The predicted molar refractivity (Wildman–Crippen MR) is 75.0 cm³/mol. The Bertz CT molecular complexity index is 607. The molecule has 0 aliphatic carbocycles. The second kappa shape index (κ2) is 5.34. The van der Waals surface area contributed by atoms with E-state index in [1.54, 1.807) is 18.2 Å². The van der Waals surface area contributed by atoms with E-state index in [4.69, 9.17) is 33.7 Å². The Kier molecular flexibility index (Phi) is 4.00. The first-order chi connectivity index (χ1) is 8.47. The van der Waals surface area contributed by atoms with Gasteiger partial charge in [-0.3, -0.25) is 0 Å². The van der Waals surface area contributed by atoms with Crippen LogP contribution >= 0.6 is 39.1 Å². The van der Waals surface area contributed by atoms with E-state index in [1.807, 2.05) is 0 Å². The van der Waals surface area contributed by atoms with Crippen LogP contribution in [0.2, 0.25) is 10.0 Å². The molecule has 2 nitrogen and oxygen atoms in total. The molecule has 6 heteroatoms. The molecule has 0 fully saturated rings. The molecule has 0 unspecified atom stereocenters. The zero-order valence-electron chi connectivity index (χ0n) is 8.88. The van der Waals surface area contributed by atoms with Crippen LogP contribution in [0.1, 0.15) is 0 Å². The van der Waals surface area contributed by atoms with Gasteiger partial charge in [-0.1, -0.05) is 39.1 Å². The first kappa shape index (κ1) is 13.5. The van der Waals surface area contributed by atoms with Crippen molar-refractivity contribution in [3.05, 3.63) is 50.7 Å². The summed E-state index contributed by atoms with van der Waals surface area (Å²) in [6, 6.07) is 7.48. The molecule has 0 spiro atoms. The molecule has 2 aromatic carbocycles. The molecule has 2 aromatic rings. The van der Waals surface area contributed by atoms with Crippen LogP contribution in [-0.2, 0) is 0 Å². The summed E-state index contributed by atoms with van der Waals surface area (Å²) in [6.07, 6.45) is 0. The molecule has 0 saturated heterocycles. The van der Waals surface area contributed by atoms with Gasteiger partial charge in [0, 0.05) is 10.5 Å². The smallest absolute Gasteiger partial charge is 0.153 e. The van der Waals surface area contributed by atoms with Crippen LogP contribution < -0.4 is 10.5 Å². The summed E-state index contributed by atoms with van der Waals surface area (Å²) in [4.78, 5) is 0. The number of rotatable bonds is 2. The largest absolute Gasteiger partial charge is 0.454 e. The van der Waals surface area contributed by atoms with Crippen LogP contribution in [0.5, 0.6) is 11.5 Å². The summed E-state index contributed by atoms with van der Waals surface area (Å²) in [5.74, 6) is -0.0523. The van der Waals surface area contributed by atoms with Crippen molar-refractivity contribution in [2.75, 3.05) is 5.73 Å². The fourth-order valence-electron chi connectivity index (χ4n) is 1.31. The number of hydrogen-bond acceptors (Lipinski definition) is 2. The van der Waals surface area contributed by atoms with E-state index >= 15 is 0 Å². The van der Waals surface area contributed by atoms with Gasteiger partial charge in [-0.2, -0.15) is 0 Å². The highest BCUT2D eigenvalue weighted by Gasteiger charge is 2.10. The van der Waals surface area contributed by atoms with Crippen LogP contribution in [0.15, 0.2) is 34.8 Å². The third-order valence-electron chi connectivity index (χ3n) is 2.17. The Hall–Kier alpha value is -0.970. The fraction of sp³-hybridized carbons (Fsp3) is 0. The molecule has 2 N–H and O–H groups in total. The van der Waals surface area contributed by atoms with Gasteiger partial charge in [-0.05, 0) is 24.3 Å². The normalized spacial score (nSPS) is 10.4. The molecule has 0 atom stereocenters. The van der Waals surface area contributed by atoms with Crippen LogP contribution in [0, 0.1) is 5.82 Å². The molecule has 0 saturated carbocycles. The van der Waals surface area contributed by atoms with Gasteiger partial charge >= 0.3 is 0 Å². The topological polar surface area (TPSA) is 35.2 Å². The Balaban J connectivity index is 2.37. The minimum atomic E-state index is -0.603. The maximum Gasteiger partial charge on any atom is 0.153 e. The van der Waals surface area contributed by atoms with Crippen molar-refractivity contribution in [1.29, 1.82) is 0 Å². The number of halogens is 4. The molecule has 0 heterocycles. The van der Waals surface area contributed by atoms with Gasteiger partial charge < -0.3 is 10.5 Å². The SMILES string of the molecule is Nc1cc(Cl)c(F)cc1Oc1ccc(Br)cc1Cl. The number of hydrogen-bond donors (Lipinski definition) is 1. The molecule has 2 rings (SSSR count). The van der Waals surface area contributed by atoms with Gasteiger partial charge in [-0.15, -0.1) is 0 Å². The highest BCUT2D eigenvalue weighted by Crippen LogP contribution is 2.36. The van der Waals surface area contributed by atoms with E-state index in [0.717, 1.165) is 10.5 Å². The van der Waals surface area contributed by atoms with E-state index in [9.17, 15) is 4.39 Å². The third-order valence-corrected chi connectivity index (χ3v) is 3.24. The molecule has 0 amide bonds. The lowest BCUT2D eigenvalue weighted by molar-refractivity contribution is 0.479. The zero-order valence-corrected chi connectivity index (χ0v) is 12.0. The summed E-state index contributed by atoms with van der Waals surface area (Å²) in [5.41, 5.74) is 5.93. The molecular formula is C12H7BrCl2FNO. The lowest BCUT2D eigenvalue weighted by atomic mass is 10.3. The minimum absolute atomic E-state index is 0.0539. The molecule has 94 valence electrons. The predicted octanol–water partition coefficient (Wildman–Crippen LogP) is 5.27. The molecule has 0 aliphatic heterocycles. The first-order valence-electron chi connectivity index (χ1n) is 4.85. The highest BCUT2D eigenvalue weighted by atomic mass is 79.9. The summed E-state index contributed by atoms with van der Waals surface area (Å²) in [5, 5.41) is 0.334. The van der Waals surface area contributed by atoms with Crippen molar-refractivity contribution in [3.63, 3.8) is 0 Å². The van der Waals surface area contributed by atoms with Crippen molar-refractivity contribution >= 4 is 44.8 Å². The number of ether oxygens (including phenoxy) is 1. The monoisotopic (exact) mass is 349 g/mol. The van der Waals surface area contributed by atoms with Gasteiger partial charge in [0.15, 0.2) is 5.75 Å². The van der Waals surface area contributed by atoms with Gasteiger partial charge in [-0.25, -0.2) is 4.39 Å². The lowest BCUT2D eigenvalue weighted by Crippen LogP contribution is -1.94. The summed E-state index contributed by atoms with van der Waals surface area (Å²) in [6.45, 7) is 0. The highest BCUT2D eigenvalue weighted by molar-refractivity contribution is 9.10. The van der Waals surface area contributed by atoms with E-state index in [-0.39, 0.29) is 16.5 Å². The summed E-state index contributed by atoms with van der Waals surface area (Å²) >= 11 is 14.9. The Labute approximate surface area is 122 Å². The molecule has 18 heavy (non-hydrogen) atoms. The van der Waals surface area contributed by atoms with Crippen molar-refractivity contribution < 1.29 is 9.13 Å². The van der Waals surface area contributed by atoms with E-state index in [2.05, 4.69) is 15.9 Å². The standard InChI is InChI=1S/C12H7BrCl2FNO/c13-6-1-2-11(8(15)3-6)18-12-5-9(16)7(14)4-10(12)17/h1-5H,17H2. The fourth-order valence-corrected chi connectivity index (χ4v) is 2.19. The Morgan fingerprint density at radius 2 is 1.78 bits per heavy atom. The number of benzene rings is 2. The third kappa shape index (κ3) is 2.88. The van der Waals surface area contributed by atoms with Crippen LogP contribution in [0.3, 0.4) is 0 Å². The van der Waals surface area contributed by atoms with Crippen molar-refractivity contribution in [2.24, 2.45) is 0 Å². The maximum absolute atomic E-state index is 13.3. The van der Waals surface area contributed by atoms with Gasteiger partial charge in [0.05, 0.1) is 15.7 Å². The number of nitrogens with two attached hydrogens (primary N) is 1. The molecular weight excluding hydrogens is 344 g/mol. The van der Waals surface area contributed by atoms with Crippen molar-refractivity contribution in [1.82, 2.24) is 0 Å². The number of anilines is 1. The summed E-state index contributed by atoms with van der Waals surface area (Å²) in [7, 11) is 0. The second-order valence-corrected chi connectivity index (χ2v) is 5.21. The van der Waals surface area contributed by atoms with Gasteiger partial charge in [0.1, 0.15) is 11.6 Å². The summed E-state index contributed by atoms with van der Waals surface area (Å²) < 4.78 is 19.6. The molecule has 0 bridgehead atoms. The minimum Gasteiger partial charge on any atom is -0.454 e. The number of nitrogen functional groups attached to an aromatic ring is 1. The van der Waals surface area contributed by atoms with Crippen LogP contribution in [0.25, 0.3) is 0 Å². The van der Waals surface area contributed by atoms with E-state index < -0.39 is 5.82 Å². The maximum atomic E-state index is 13.3. The van der Waals surface area contributed by atoms with Crippen LogP contribution in [-0.4, -0.2) is 0 Å². The van der Waals surface area contributed by atoms with Gasteiger partial charge in [0.25, 0.3) is 0 Å². The molecule has 0 aliphatic rings. The van der Waals surface area contributed by atoms with Crippen molar-refractivity contribution in [3.8, 4) is 11.5 Å². The first-order valence-corrected chi connectivity index (χ1v) is 6.39. The van der Waals surface area contributed by atoms with E-state index in [0.29, 0.717) is 10.8 Å². The van der Waals surface area contributed by atoms with E-state index in [1.165, 1.54) is 6.07 Å². The average Bonchev–Trinajstić information content (AvgIpc) is 2.29. The van der Waals surface area contributed by atoms with Crippen molar-refractivity contribution in [2.45, 2.75) is 0 Å².